The van der Waals surface area contributed by atoms with Gasteiger partial charge >= 0.3 is 0 Å². The number of hydrogen-bond donors (Lipinski definition) is 1. The topological polar surface area (TPSA) is 85.6 Å². The van der Waals surface area contributed by atoms with Gasteiger partial charge in [0.25, 0.3) is 5.91 Å². The van der Waals surface area contributed by atoms with Gasteiger partial charge in [-0.3, -0.25) is 14.3 Å². The van der Waals surface area contributed by atoms with Crippen LogP contribution in [0.1, 0.15) is 24.3 Å². The van der Waals surface area contributed by atoms with Crippen molar-refractivity contribution < 1.29 is 14.3 Å². The number of para-hydroxylation sites is 1. The zero-order chi connectivity index (χ0) is 22.1. The highest BCUT2D eigenvalue weighted by Gasteiger charge is 2.28. The van der Waals surface area contributed by atoms with Gasteiger partial charge in [-0.15, -0.1) is 0 Å². The Morgan fingerprint density at radius 2 is 2.03 bits per heavy atom. The van der Waals surface area contributed by atoms with Gasteiger partial charge < -0.3 is 10.1 Å². The lowest BCUT2D eigenvalue weighted by molar-refractivity contribution is -0.116. The molecule has 2 aromatic rings. The number of carbonyl (C=O) groups is 2. The van der Waals surface area contributed by atoms with E-state index in [0.717, 1.165) is 16.8 Å². The number of aromatic nitrogens is 2. The molecule has 0 spiro atoms. The van der Waals surface area contributed by atoms with Crippen molar-refractivity contribution in [2.24, 2.45) is 23.9 Å². The Morgan fingerprint density at radius 3 is 2.77 bits per heavy atom. The summed E-state index contributed by atoms with van der Waals surface area (Å²) in [5, 5.41) is 7.32. The smallest absolute Gasteiger partial charge is 0.295 e. The molecule has 1 aromatic heterocycles. The van der Waals surface area contributed by atoms with Gasteiger partial charge in [-0.05, 0) is 41.8 Å². The fourth-order valence-corrected chi connectivity index (χ4v) is 3.84. The Hall–Kier alpha value is -3.74. The molecule has 2 aliphatic rings. The molecule has 2 heterocycles. The first kappa shape index (κ1) is 20.5. The number of allylic oxidation sites excluding steroid dienone is 3. The van der Waals surface area contributed by atoms with Crippen molar-refractivity contribution in [3.05, 3.63) is 71.6 Å². The number of nitrogens with one attached hydrogen (secondary N) is 1. The zero-order valence-corrected chi connectivity index (χ0v) is 17.9. The third-order valence-electron chi connectivity index (χ3n) is 5.40. The molecule has 1 aromatic carbocycles. The normalized spacial score (nSPS) is 19.1. The number of aliphatic imine (C=N–C) groups is 1. The molecule has 0 saturated heterocycles. The highest BCUT2D eigenvalue weighted by Crippen LogP contribution is 2.32. The Bertz CT molecular complexity index is 1180. The maximum Gasteiger partial charge on any atom is 0.295 e. The van der Waals surface area contributed by atoms with Crippen LogP contribution < -0.4 is 10.1 Å². The molecule has 1 aliphatic carbocycles. The molecule has 31 heavy (non-hydrogen) atoms. The summed E-state index contributed by atoms with van der Waals surface area (Å²) in [6.45, 7) is 4.12. The third-order valence-corrected chi connectivity index (χ3v) is 5.40. The molecule has 7 heteroatoms. The van der Waals surface area contributed by atoms with E-state index in [1.165, 1.54) is 4.68 Å². The van der Waals surface area contributed by atoms with Crippen molar-refractivity contribution in [2.75, 3.05) is 7.11 Å². The fraction of sp³-hybridized carbons (Fsp3) is 0.250. The van der Waals surface area contributed by atoms with E-state index in [2.05, 4.69) is 29.3 Å². The van der Waals surface area contributed by atoms with Crippen LogP contribution >= 0.6 is 0 Å². The number of methoxy groups -OCH3 is 1. The Balaban J connectivity index is 1.62. The van der Waals surface area contributed by atoms with Crippen LogP contribution in [0.5, 0.6) is 5.75 Å². The zero-order valence-electron chi connectivity index (χ0n) is 17.9. The molecule has 0 bridgehead atoms. The van der Waals surface area contributed by atoms with Gasteiger partial charge in [0.1, 0.15) is 11.4 Å². The van der Waals surface area contributed by atoms with Crippen LogP contribution in [0.25, 0.3) is 11.3 Å². The minimum absolute atomic E-state index is 0.000559. The average molecular weight is 416 g/mol. The summed E-state index contributed by atoms with van der Waals surface area (Å²) in [5.74, 6) is 0.361. The third kappa shape index (κ3) is 3.99. The number of ether oxygens (including phenoxy) is 1. The molecule has 1 atom stereocenters. The summed E-state index contributed by atoms with van der Waals surface area (Å²) in [7, 11) is 3.30. The number of rotatable bonds is 4. The van der Waals surface area contributed by atoms with Crippen LogP contribution in [0.15, 0.2) is 70.9 Å². The molecule has 0 saturated carbocycles. The molecule has 7 nitrogen and oxygen atoms in total. The van der Waals surface area contributed by atoms with Gasteiger partial charge in [-0.2, -0.15) is 5.10 Å². The van der Waals surface area contributed by atoms with Crippen LogP contribution in [0, 0.1) is 11.8 Å². The monoisotopic (exact) mass is 416 g/mol. The average Bonchev–Trinajstić information content (AvgIpc) is 3.14. The van der Waals surface area contributed by atoms with E-state index >= 15 is 0 Å². The number of benzene rings is 1. The largest absolute Gasteiger partial charge is 0.496 e. The summed E-state index contributed by atoms with van der Waals surface area (Å²) in [6.07, 6.45) is 7.19. The highest BCUT2D eigenvalue weighted by molar-refractivity contribution is 6.14. The molecular formula is C24H24N4O3. The Labute approximate surface area is 180 Å². The number of amides is 2. The van der Waals surface area contributed by atoms with Crippen LogP contribution in [0.3, 0.4) is 0 Å². The summed E-state index contributed by atoms with van der Waals surface area (Å²) in [6, 6.07) is 9.21. The minimum Gasteiger partial charge on any atom is -0.496 e. The molecule has 1 unspecified atom stereocenters. The lowest BCUT2D eigenvalue weighted by Crippen LogP contribution is -2.34. The van der Waals surface area contributed by atoms with Crippen LogP contribution in [0.2, 0.25) is 0 Å². The second-order valence-corrected chi connectivity index (χ2v) is 7.81. The first-order valence-electron chi connectivity index (χ1n) is 10.1. The summed E-state index contributed by atoms with van der Waals surface area (Å²) in [4.78, 5) is 29.2. The number of carbonyl (C=O) groups excluding carboxylic acids is 2. The van der Waals surface area contributed by atoms with Crippen molar-refractivity contribution in [1.29, 1.82) is 0 Å². The second kappa shape index (κ2) is 8.18. The molecule has 2 amide bonds. The van der Waals surface area contributed by atoms with Crippen molar-refractivity contribution >= 4 is 17.5 Å². The van der Waals surface area contributed by atoms with Crippen molar-refractivity contribution in [3.8, 4) is 17.0 Å². The number of nitrogens with zero attached hydrogens (tertiary/aromatic N) is 3. The van der Waals surface area contributed by atoms with E-state index in [4.69, 9.17) is 4.74 Å². The van der Waals surface area contributed by atoms with Gasteiger partial charge in [0.05, 0.1) is 18.5 Å². The van der Waals surface area contributed by atoms with Crippen molar-refractivity contribution in [3.63, 3.8) is 0 Å². The summed E-state index contributed by atoms with van der Waals surface area (Å²) < 4.78 is 6.91. The molecule has 158 valence electrons. The summed E-state index contributed by atoms with van der Waals surface area (Å²) >= 11 is 0. The number of aryl methyl sites for hydroxylation is 1. The van der Waals surface area contributed by atoms with Gasteiger partial charge in [-0.1, -0.05) is 32.1 Å². The van der Waals surface area contributed by atoms with Crippen LogP contribution in [0.4, 0.5) is 0 Å². The standard InChI is InChI=1S/C24H24N4O3/c1-14(2)18-12-23(29)26-19-11-15(9-10-16(18)19)25-24(30)21-13-20(27-28(21)3)17-7-5-6-8-22(17)31-4/h5-14,16H,1-4H3,(H,26,29). The fourth-order valence-electron chi connectivity index (χ4n) is 3.84. The van der Waals surface area contributed by atoms with E-state index in [0.29, 0.717) is 22.8 Å². The first-order chi connectivity index (χ1) is 14.9. The number of fused-ring (bicyclic) bond motifs is 1. The maximum absolute atomic E-state index is 12.9. The second-order valence-electron chi connectivity index (χ2n) is 7.81. The Morgan fingerprint density at radius 1 is 1.26 bits per heavy atom. The van der Waals surface area contributed by atoms with Gasteiger partial charge in [0, 0.05) is 30.3 Å². The van der Waals surface area contributed by atoms with Crippen LogP contribution in [-0.4, -0.2) is 34.4 Å². The molecule has 1 aliphatic heterocycles. The van der Waals surface area contributed by atoms with Gasteiger partial charge in [-0.25, -0.2) is 4.99 Å². The van der Waals surface area contributed by atoms with E-state index < -0.39 is 5.91 Å². The molecule has 0 fully saturated rings. The SMILES string of the molecule is COc1ccccc1-c1cc(C(=O)N=C2C=CC3C(=C2)NC(=O)C=C3C(C)C)n(C)n1. The highest BCUT2D eigenvalue weighted by atomic mass is 16.5. The van der Waals surface area contributed by atoms with Crippen molar-refractivity contribution in [1.82, 2.24) is 15.1 Å². The Kier molecular flexibility index (Phi) is 5.42. The number of hydrogen-bond acceptors (Lipinski definition) is 4. The molecule has 1 N–H and O–H groups in total. The van der Waals surface area contributed by atoms with Crippen LogP contribution in [-0.2, 0) is 11.8 Å². The first-order valence-corrected chi connectivity index (χ1v) is 10.1. The van der Waals surface area contributed by atoms with Crippen molar-refractivity contribution in [2.45, 2.75) is 13.8 Å². The maximum atomic E-state index is 12.9. The quantitative estimate of drug-likeness (QED) is 0.827. The molecular weight excluding hydrogens is 392 g/mol. The van der Waals surface area contributed by atoms with E-state index in [9.17, 15) is 9.59 Å². The lowest BCUT2D eigenvalue weighted by atomic mass is 9.82. The predicted molar refractivity (Wildman–Crippen MR) is 119 cm³/mol. The molecule has 0 radical (unpaired) electrons. The van der Waals surface area contributed by atoms with E-state index in [-0.39, 0.29) is 17.7 Å². The predicted octanol–water partition coefficient (Wildman–Crippen LogP) is 3.46. The van der Waals surface area contributed by atoms with E-state index in [1.807, 2.05) is 36.4 Å². The van der Waals surface area contributed by atoms with Gasteiger partial charge in [0.2, 0.25) is 5.91 Å². The van der Waals surface area contributed by atoms with Gasteiger partial charge in [0.15, 0.2) is 0 Å². The van der Waals surface area contributed by atoms with E-state index in [1.54, 1.807) is 32.4 Å². The minimum atomic E-state index is -0.409. The summed E-state index contributed by atoms with van der Waals surface area (Å²) in [5.41, 5.74) is 4.06. The molecule has 4 rings (SSSR count). The lowest BCUT2D eigenvalue weighted by Gasteiger charge is -2.29.